The van der Waals surface area contributed by atoms with Crippen molar-refractivity contribution in [2.75, 3.05) is 18.0 Å². The second kappa shape index (κ2) is 5.76. The lowest BCUT2D eigenvalue weighted by Crippen LogP contribution is -2.31. The molecule has 3 aromatic rings. The van der Waals surface area contributed by atoms with E-state index in [2.05, 4.69) is 58.8 Å². The van der Waals surface area contributed by atoms with Gasteiger partial charge in [-0.3, -0.25) is 0 Å². The van der Waals surface area contributed by atoms with E-state index in [0.717, 1.165) is 43.1 Å². The standard InChI is InChI=1S/C19H17N3/c1-4-12-22(13-5-1)19-20-11-10-18(21-19)17-9-8-15-6-2-3-7-16(15)14-17/h2-3,6-11,14H,4-5,12-13H2. The topological polar surface area (TPSA) is 29.0 Å². The third-order valence-corrected chi connectivity index (χ3v) is 4.09. The molecule has 0 spiro atoms. The van der Waals surface area contributed by atoms with Crippen LogP contribution in [0.25, 0.3) is 22.0 Å². The van der Waals surface area contributed by atoms with Gasteiger partial charge in [-0.05, 0) is 42.2 Å². The van der Waals surface area contributed by atoms with Crippen LogP contribution in [0.5, 0.6) is 0 Å². The Morgan fingerprint density at radius 2 is 1.73 bits per heavy atom. The number of fused-ring (bicyclic) bond motifs is 1. The van der Waals surface area contributed by atoms with Gasteiger partial charge in [0.05, 0.1) is 5.69 Å². The highest BCUT2D eigenvalue weighted by Crippen LogP contribution is 2.24. The predicted molar refractivity (Wildman–Crippen MR) is 89.7 cm³/mol. The monoisotopic (exact) mass is 287 g/mol. The molecule has 108 valence electrons. The van der Waals surface area contributed by atoms with Gasteiger partial charge in [-0.2, -0.15) is 0 Å². The summed E-state index contributed by atoms with van der Waals surface area (Å²) >= 11 is 0. The fraction of sp³-hybridized carbons (Fsp3) is 0.211. The number of rotatable bonds is 2. The Bertz CT molecular complexity index is 791. The van der Waals surface area contributed by atoms with Crippen LogP contribution >= 0.6 is 0 Å². The van der Waals surface area contributed by atoms with E-state index in [1.54, 1.807) is 0 Å². The lowest BCUT2D eigenvalue weighted by Gasteiger charge is -2.26. The van der Waals surface area contributed by atoms with Crippen LogP contribution in [-0.4, -0.2) is 23.1 Å². The molecule has 0 aliphatic carbocycles. The van der Waals surface area contributed by atoms with Crippen LogP contribution in [-0.2, 0) is 0 Å². The number of piperidine rings is 1. The minimum Gasteiger partial charge on any atom is -0.341 e. The molecule has 0 amide bonds. The molecular formula is C19H17N3. The first-order chi connectivity index (χ1) is 10.9. The Morgan fingerprint density at radius 3 is 2.59 bits per heavy atom. The van der Waals surface area contributed by atoms with Crippen LogP contribution in [0.15, 0.2) is 54.7 Å². The lowest BCUT2D eigenvalue weighted by molar-refractivity contribution is 0.662. The molecule has 3 heteroatoms. The van der Waals surface area contributed by atoms with Gasteiger partial charge in [0.25, 0.3) is 0 Å². The number of nitrogens with zero attached hydrogens (tertiary/aromatic N) is 3. The zero-order valence-corrected chi connectivity index (χ0v) is 12.4. The largest absolute Gasteiger partial charge is 0.341 e. The van der Waals surface area contributed by atoms with Crippen molar-refractivity contribution in [2.24, 2.45) is 0 Å². The Hall–Kier alpha value is -2.42. The summed E-state index contributed by atoms with van der Waals surface area (Å²) in [5.41, 5.74) is 2.12. The molecule has 1 aliphatic heterocycles. The first-order valence-corrected chi connectivity index (χ1v) is 7.68. The SMILES string of the molecule is [C]1CCN(c2nccc(-c3ccc4ccccc4c3)n2)CC1. The molecular weight excluding hydrogens is 270 g/mol. The molecule has 2 heterocycles. The molecule has 0 unspecified atom stereocenters. The fourth-order valence-corrected chi connectivity index (χ4v) is 2.88. The Morgan fingerprint density at radius 1 is 0.909 bits per heavy atom. The highest BCUT2D eigenvalue weighted by Gasteiger charge is 2.14. The summed E-state index contributed by atoms with van der Waals surface area (Å²) in [5.74, 6) is 0.826. The smallest absolute Gasteiger partial charge is 0.225 e. The van der Waals surface area contributed by atoms with Crippen LogP contribution in [0, 0.1) is 6.42 Å². The molecule has 22 heavy (non-hydrogen) atoms. The van der Waals surface area contributed by atoms with Crippen molar-refractivity contribution in [3.63, 3.8) is 0 Å². The third-order valence-electron chi connectivity index (χ3n) is 4.09. The van der Waals surface area contributed by atoms with E-state index >= 15 is 0 Å². The van der Waals surface area contributed by atoms with Gasteiger partial charge in [0, 0.05) is 24.8 Å². The Labute approximate surface area is 130 Å². The molecule has 2 radical (unpaired) electrons. The normalized spacial score (nSPS) is 15.2. The first kappa shape index (κ1) is 13.3. The minimum absolute atomic E-state index is 0.826. The van der Waals surface area contributed by atoms with Crippen LogP contribution in [0.4, 0.5) is 5.95 Å². The Kier molecular flexibility index (Phi) is 3.47. The molecule has 2 aromatic carbocycles. The number of benzene rings is 2. The zero-order chi connectivity index (χ0) is 14.8. The Balaban J connectivity index is 1.71. The summed E-state index contributed by atoms with van der Waals surface area (Å²) in [7, 11) is 0. The lowest BCUT2D eigenvalue weighted by atomic mass is 10.1. The van der Waals surface area contributed by atoms with Crippen molar-refractivity contribution < 1.29 is 0 Å². The van der Waals surface area contributed by atoms with Crippen LogP contribution in [0.1, 0.15) is 12.8 Å². The van der Waals surface area contributed by atoms with Gasteiger partial charge in [0.15, 0.2) is 0 Å². The van der Waals surface area contributed by atoms with Crippen molar-refractivity contribution in [2.45, 2.75) is 12.8 Å². The van der Waals surface area contributed by atoms with E-state index in [9.17, 15) is 0 Å². The second-order valence-corrected chi connectivity index (χ2v) is 5.54. The maximum absolute atomic E-state index is 4.76. The average Bonchev–Trinajstić information content (AvgIpc) is 2.62. The summed E-state index contributed by atoms with van der Waals surface area (Å²) in [6.45, 7) is 1.92. The molecule has 1 saturated heterocycles. The van der Waals surface area contributed by atoms with E-state index in [-0.39, 0.29) is 0 Å². The van der Waals surface area contributed by atoms with Crippen LogP contribution in [0.2, 0.25) is 0 Å². The molecule has 1 fully saturated rings. The van der Waals surface area contributed by atoms with Gasteiger partial charge in [-0.15, -0.1) is 0 Å². The summed E-state index contributed by atoms with van der Waals surface area (Å²) in [4.78, 5) is 11.4. The molecule has 0 saturated carbocycles. The molecule has 1 aromatic heterocycles. The van der Waals surface area contributed by atoms with E-state index in [0.29, 0.717) is 0 Å². The number of aromatic nitrogens is 2. The summed E-state index contributed by atoms with van der Waals surface area (Å²) in [6, 6.07) is 16.9. The second-order valence-electron chi connectivity index (χ2n) is 5.54. The zero-order valence-electron chi connectivity index (χ0n) is 12.4. The van der Waals surface area contributed by atoms with Crippen LogP contribution in [0.3, 0.4) is 0 Å². The average molecular weight is 287 g/mol. The van der Waals surface area contributed by atoms with Crippen LogP contribution < -0.4 is 4.90 Å². The van der Waals surface area contributed by atoms with Gasteiger partial charge in [0.2, 0.25) is 5.95 Å². The fourth-order valence-electron chi connectivity index (χ4n) is 2.88. The summed E-state index contributed by atoms with van der Waals surface area (Å²) < 4.78 is 0. The molecule has 0 N–H and O–H groups in total. The number of hydrogen-bond donors (Lipinski definition) is 0. The van der Waals surface area contributed by atoms with Gasteiger partial charge in [-0.1, -0.05) is 36.4 Å². The highest BCUT2D eigenvalue weighted by molar-refractivity contribution is 5.86. The molecule has 1 aliphatic rings. The van der Waals surface area contributed by atoms with Crippen molar-refractivity contribution >= 4 is 16.7 Å². The highest BCUT2D eigenvalue weighted by atomic mass is 15.2. The quantitative estimate of drug-likeness (QED) is 0.714. The molecule has 0 atom stereocenters. The van der Waals surface area contributed by atoms with Crippen molar-refractivity contribution in [1.29, 1.82) is 0 Å². The van der Waals surface area contributed by atoms with E-state index in [1.807, 2.05) is 12.3 Å². The van der Waals surface area contributed by atoms with Gasteiger partial charge >= 0.3 is 0 Å². The van der Waals surface area contributed by atoms with Crippen molar-refractivity contribution in [3.05, 3.63) is 61.1 Å². The third kappa shape index (κ3) is 2.54. The maximum Gasteiger partial charge on any atom is 0.225 e. The number of anilines is 1. The summed E-state index contributed by atoms with van der Waals surface area (Å²) in [6.07, 6.45) is 7.19. The maximum atomic E-state index is 4.76. The summed E-state index contributed by atoms with van der Waals surface area (Å²) in [5, 5.41) is 2.49. The number of hydrogen-bond acceptors (Lipinski definition) is 3. The van der Waals surface area contributed by atoms with Gasteiger partial charge < -0.3 is 4.90 Å². The first-order valence-electron chi connectivity index (χ1n) is 7.68. The van der Waals surface area contributed by atoms with E-state index < -0.39 is 0 Å². The van der Waals surface area contributed by atoms with Crippen molar-refractivity contribution in [3.8, 4) is 11.3 Å². The minimum atomic E-state index is 0.826. The van der Waals surface area contributed by atoms with Gasteiger partial charge in [0.1, 0.15) is 0 Å². The van der Waals surface area contributed by atoms with E-state index in [4.69, 9.17) is 4.98 Å². The molecule has 4 rings (SSSR count). The van der Waals surface area contributed by atoms with E-state index in [1.165, 1.54) is 10.8 Å². The molecule has 3 nitrogen and oxygen atoms in total. The molecule has 0 bridgehead atoms. The predicted octanol–water partition coefficient (Wildman–Crippen LogP) is 3.98. The van der Waals surface area contributed by atoms with Crippen molar-refractivity contribution in [1.82, 2.24) is 9.97 Å². The van der Waals surface area contributed by atoms with Gasteiger partial charge in [-0.25, -0.2) is 9.97 Å².